The van der Waals surface area contributed by atoms with E-state index in [0.717, 1.165) is 11.3 Å². The minimum Gasteiger partial charge on any atom is -0.0530 e. The third-order valence-electron chi connectivity index (χ3n) is 23.7. The SMILES string of the molecule is C1C2CC3C1C3C2.C1C2CC3CC1CC(C2)C3.C1C2CC3CC1CC3C2.C1CC2C3C(C1)C23.C1CC2CC3CCCC3(C1)C2.C1CCC2C3CCC2C(C1)C3. The highest BCUT2D eigenvalue weighted by atomic mass is 14.8. The maximum absolute atomic E-state index is 1.62. The lowest BCUT2D eigenvalue weighted by Gasteiger charge is -2.49. The molecule has 22 saturated carbocycles. The van der Waals surface area contributed by atoms with Crippen LogP contribution in [-0.2, 0) is 0 Å². The van der Waals surface area contributed by atoms with Crippen molar-refractivity contribution in [3.8, 4) is 0 Å². The number of hydrogen-bond acceptors (Lipinski definition) is 0. The first kappa shape index (κ1) is 35.7. The van der Waals surface area contributed by atoms with E-state index in [0.29, 0.717) is 0 Å². The van der Waals surface area contributed by atoms with Gasteiger partial charge < -0.3 is 0 Å². The van der Waals surface area contributed by atoms with Gasteiger partial charge in [0.25, 0.3) is 0 Å². The van der Waals surface area contributed by atoms with Crippen LogP contribution in [0.1, 0.15) is 205 Å². The van der Waals surface area contributed by atoms with Gasteiger partial charge in [-0.2, -0.15) is 0 Å². The molecular weight excluding hydrogens is 661 g/mol. The molecule has 0 N–H and O–H groups in total. The molecule has 22 rings (SSSR count). The van der Waals surface area contributed by atoms with Crippen LogP contribution in [0.15, 0.2) is 0 Å². The molecule has 22 aliphatic carbocycles. The minimum atomic E-state index is 0.906. The van der Waals surface area contributed by atoms with Crippen molar-refractivity contribution in [1.82, 2.24) is 0 Å². The van der Waals surface area contributed by atoms with E-state index in [1.807, 2.05) is 0 Å². The van der Waals surface area contributed by atoms with Crippen LogP contribution in [0, 0.1) is 136 Å². The van der Waals surface area contributed by atoms with Gasteiger partial charge in [0.15, 0.2) is 0 Å². The molecule has 0 radical (unpaired) electrons. The van der Waals surface area contributed by atoms with E-state index in [1.54, 1.807) is 205 Å². The van der Waals surface area contributed by atoms with Gasteiger partial charge in [0.1, 0.15) is 0 Å². The Morgan fingerprint density at radius 2 is 0.727 bits per heavy atom. The van der Waals surface area contributed by atoms with Crippen molar-refractivity contribution < 1.29 is 0 Å². The van der Waals surface area contributed by atoms with Gasteiger partial charge in [0.05, 0.1) is 0 Å². The van der Waals surface area contributed by atoms with Crippen LogP contribution in [-0.4, -0.2) is 0 Å². The Bertz CT molecular complexity index is 1240. The highest BCUT2D eigenvalue weighted by molar-refractivity contribution is 5.21. The van der Waals surface area contributed by atoms with Gasteiger partial charge in [-0.05, 0) is 296 Å². The summed E-state index contributed by atoms with van der Waals surface area (Å²) < 4.78 is 0. The zero-order chi connectivity index (χ0) is 35.8. The van der Waals surface area contributed by atoms with Crippen molar-refractivity contribution >= 4 is 0 Å². The Hall–Kier alpha value is 0. The zero-order valence-corrected chi connectivity index (χ0v) is 35.8. The van der Waals surface area contributed by atoms with E-state index in [-0.39, 0.29) is 0 Å². The van der Waals surface area contributed by atoms with Crippen LogP contribution in [0.3, 0.4) is 0 Å². The zero-order valence-electron chi connectivity index (χ0n) is 35.8. The molecule has 22 fully saturated rings. The molecule has 7 unspecified atom stereocenters. The summed E-state index contributed by atoms with van der Waals surface area (Å²) in [6, 6.07) is 0. The van der Waals surface area contributed by atoms with E-state index < -0.39 is 0 Å². The first-order valence-corrected chi connectivity index (χ1v) is 27.1. The van der Waals surface area contributed by atoms with Crippen molar-refractivity contribution in [2.24, 2.45) is 136 Å². The molecule has 22 aliphatic rings. The van der Waals surface area contributed by atoms with Gasteiger partial charge in [-0.3, -0.25) is 0 Å². The first-order valence-electron chi connectivity index (χ1n) is 27.1. The molecular formula is C55H86. The second-order valence-corrected chi connectivity index (χ2v) is 26.4. The summed E-state index contributed by atoms with van der Waals surface area (Å²) in [6.07, 6.45) is 51.0. The van der Waals surface area contributed by atoms with Gasteiger partial charge in [0.2, 0.25) is 0 Å². The van der Waals surface area contributed by atoms with E-state index in [1.165, 1.54) is 124 Å². The molecule has 55 heavy (non-hydrogen) atoms. The molecule has 0 heteroatoms. The number of hydrogen-bond donors (Lipinski definition) is 0. The van der Waals surface area contributed by atoms with Crippen LogP contribution >= 0.6 is 0 Å². The fourth-order valence-corrected chi connectivity index (χ4v) is 21.9. The monoisotopic (exact) mass is 747 g/mol. The molecule has 306 valence electrons. The summed E-state index contributed by atoms with van der Waals surface area (Å²) >= 11 is 0. The Labute approximate surface area is 339 Å². The fraction of sp³-hybridized carbons (Fsp3) is 1.00. The summed E-state index contributed by atoms with van der Waals surface area (Å²) in [6.45, 7) is 0. The smallest absolute Gasteiger partial charge is 0.0266 e. The van der Waals surface area contributed by atoms with E-state index in [9.17, 15) is 0 Å². The summed E-state index contributed by atoms with van der Waals surface area (Å²) in [4.78, 5) is 0. The molecule has 0 amide bonds. The van der Waals surface area contributed by atoms with Crippen LogP contribution in [0.25, 0.3) is 0 Å². The minimum absolute atomic E-state index is 0.906. The molecule has 0 saturated heterocycles. The standard InChI is InChI=1S/2C11H18.C10H16.C9H14.2C7H10/c1-3-9-7-10-4-2-6-11(10,5-1)8-9;1-2-4-10-9-5-6-11(10)8(3-1)7-9;1-7-2-9-4-8(1)5-10(3-7)6-9;1-6-2-8-4-7(1)5-9(8)3-6;1-4-2-6-5(1)7(6)3-4;1-2-4-6-5(3-1)7(4)6/h9-10H,1-8H2;8-11H,1-7H2;7-10H,1-6H2;6-9H,1-5H2;2*4-7H,1-3H2. The predicted molar refractivity (Wildman–Crippen MR) is 227 cm³/mol. The topological polar surface area (TPSA) is 0 Å². The molecule has 20 bridgehead atoms. The van der Waals surface area contributed by atoms with Crippen molar-refractivity contribution in [1.29, 1.82) is 0 Å². The summed E-state index contributed by atoms with van der Waals surface area (Å²) in [7, 11) is 0. The van der Waals surface area contributed by atoms with Crippen LogP contribution in [0.2, 0.25) is 0 Å². The Morgan fingerprint density at radius 1 is 0.255 bits per heavy atom. The van der Waals surface area contributed by atoms with Crippen LogP contribution in [0.4, 0.5) is 0 Å². The van der Waals surface area contributed by atoms with Gasteiger partial charge in [-0.1, -0.05) is 44.9 Å². The molecule has 7 atom stereocenters. The lowest BCUT2D eigenvalue weighted by molar-refractivity contribution is 0.0198. The quantitative estimate of drug-likeness (QED) is 0.232. The summed E-state index contributed by atoms with van der Waals surface area (Å²) in [5.74, 6) is 26.7. The third kappa shape index (κ3) is 6.58. The average Bonchev–Trinajstić information content (AvgIpc) is 3.66. The third-order valence-corrected chi connectivity index (χ3v) is 23.7. The Balaban J connectivity index is 0.0000000704. The van der Waals surface area contributed by atoms with Gasteiger partial charge in [0, 0.05) is 0 Å². The molecule has 0 aromatic carbocycles. The molecule has 0 aliphatic heterocycles. The number of fused-ring (bicyclic) bond motifs is 3. The molecule has 0 aromatic heterocycles. The molecule has 0 nitrogen and oxygen atoms in total. The lowest BCUT2D eigenvalue weighted by atomic mass is 9.56. The van der Waals surface area contributed by atoms with E-state index in [2.05, 4.69) is 0 Å². The largest absolute Gasteiger partial charge is 0.0530 e. The predicted octanol–water partition coefficient (Wildman–Crippen LogP) is 15.2. The fourth-order valence-electron chi connectivity index (χ4n) is 21.9. The average molecular weight is 747 g/mol. The highest BCUT2D eigenvalue weighted by Crippen LogP contribution is 2.78. The normalized spacial score (nSPS) is 60.7. The molecule has 0 aromatic rings. The molecule has 1 spiro atoms. The second-order valence-electron chi connectivity index (χ2n) is 26.4. The van der Waals surface area contributed by atoms with Crippen molar-refractivity contribution in [2.45, 2.75) is 205 Å². The van der Waals surface area contributed by atoms with Crippen molar-refractivity contribution in [2.75, 3.05) is 0 Å². The maximum Gasteiger partial charge on any atom is -0.0266 e. The van der Waals surface area contributed by atoms with Crippen molar-refractivity contribution in [3.63, 3.8) is 0 Å². The Kier molecular flexibility index (Phi) is 9.11. The van der Waals surface area contributed by atoms with Crippen molar-refractivity contribution in [3.05, 3.63) is 0 Å². The number of rotatable bonds is 0. The summed E-state index contributed by atoms with van der Waals surface area (Å²) in [5, 5.41) is 0. The van der Waals surface area contributed by atoms with Gasteiger partial charge in [-0.15, -0.1) is 0 Å². The van der Waals surface area contributed by atoms with Crippen LogP contribution in [0.5, 0.6) is 0 Å². The van der Waals surface area contributed by atoms with E-state index >= 15 is 0 Å². The highest BCUT2D eigenvalue weighted by Gasteiger charge is 2.73. The van der Waals surface area contributed by atoms with Gasteiger partial charge >= 0.3 is 0 Å². The van der Waals surface area contributed by atoms with E-state index in [4.69, 9.17) is 0 Å². The maximum atomic E-state index is 1.62. The lowest BCUT2D eigenvalue weighted by Crippen LogP contribution is -2.38. The Morgan fingerprint density at radius 3 is 1.24 bits per heavy atom. The second kappa shape index (κ2) is 14.0. The van der Waals surface area contributed by atoms with Crippen LogP contribution < -0.4 is 0 Å². The summed E-state index contributed by atoms with van der Waals surface area (Å²) in [5.41, 5.74) is 0.906. The first-order chi connectivity index (χ1) is 27.1. The van der Waals surface area contributed by atoms with Gasteiger partial charge in [-0.25, -0.2) is 0 Å². The molecule has 0 heterocycles.